The van der Waals surface area contributed by atoms with Crippen LogP contribution in [0.5, 0.6) is 0 Å². The fraction of sp³-hybridized carbons (Fsp3) is 0. The molecule has 0 radical (unpaired) electrons. The van der Waals surface area contributed by atoms with E-state index in [0.29, 0.717) is 0 Å². The second-order valence-corrected chi connectivity index (χ2v) is 0. The van der Waals surface area contributed by atoms with Gasteiger partial charge in [0, 0.05) is 0 Å². The van der Waals surface area contributed by atoms with Crippen LogP contribution in [0.15, 0.2) is 0 Å². The summed E-state index contributed by atoms with van der Waals surface area (Å²) in [5.41, 5.74) is 0. The molecule has 0 rings (SSSR count). The van der Waals surface area contributed by atoms with Gasteiger partial charge in [-0.25, -0.2) is 0 Å². The van der Waals surface area contributed by atoms with Crippen LogP contribution in [0.1, 0.15) is 0 Å². The third-order valence-electron chi connectivity index (χ3n) is 0. The van der Waals surface area contributed by atoms with E-state index >= 15 is 0 Å². The molecule has 0 aromatic carbocycles. The summed E-state index contributed by atoms with van der Waals surface area (Å²) in [5, 5.41) is 0. The zero-order valence-corrected chi connectivity index (χ0v) is 6.36. The molecule has 0 N–H and O–H groups in total. The van der Waals surface area contributed by atoms with Crippen molar-refractivity contribution in [3.8, 4) is 0 Å². The standard InChI is InChI=1S/4CHO.Mo/c4*1-2;/h4*1H;/q4*-1;+4. The molecule has 0 fully saturated rings. The molecule has 0 bridgehead atoms. The van der Waals surface area contributed by atoms with Crippen LogP contribution < -0.4 is 0 Å². The van der Waals surface area contributed by atoms with Crippen molar-refractivity contribution < 1.29 is 40.2 Å². The van der Waals surface area contributed by atoms with Gasteiger partial charge in [-0.15, -0.1) is 0 Å². The predicted molar refractivity (Wildman–Crippen MR) is 27.0 cm³/mol. The van der Waals surface area contributed by atoms with E-state index in [0.717, 1.165) is 0 Å². The van der Waals surface area contributed by atoms with E-state index in [2.05, 4.69) is 27.2 Å². The van der Waals surface area contributed by atoms with Gasteiger partial charge in [0.1, 0.15) is 0 Å². The average Bonchev–Trinajstić information content (AvgIpc) is 2.03. The Kier molecular flexibility index (Phi) is 3330. The summed E-state index contributed by atoms with van der Waals surface area (Å²) >= 11 is 0. The minimum Gasteiger partial charge on any atom is -0.545 e. The van der Waals surface area contributed by atoms with E-state index in [1.165, 1.54) is 0 Å². The first kappa shape index (κ1) is 40.0. The third-order valence-corrected chi connectivity index (χ3v) is 0. The molecule has 5 heteroatoms. The van der Waals surface area contributed by atoms with Crippen LogP contribution in [0.4, 0.5) is 0 Å². The summed E-state index contributed by atoms with van der Waals surface area (Å²) in [7, 11) is 0. The normalized spacial score (nSPS) is 1.78. The van der Waals surface area contributed by atoms with Crippen molar-refractivity contribution in [1.29, 1.82) is 0 Å². The molecule has 0 aliphatic carbocycles. The minimum absolute atomic E-state index is 0. The topological polar surface area (TPSA) is 68.3 Å². The van der Waals surface area contributed by atoms with Gasteiger partial charge in [0.05, 0.1) is 0 Å². The fourth-order valence-electron chi connectivity index (χ4n) is 0. The average molecular weight is 212 g/mol. The quantitative estimate of drug-likeness (QED) is 0.290. The van der Waals surface area contributed by atoms with Crippen molar-refractivity contribution in [2.75, 3.05) is 0 Å². The van der Waals surface area contributed by atoms with Crippen molar-refractivity contribution >= 4 is 27.2 Å². The molecule has 0 amide bonds. The first-order valence-electron chi connectivity index (χ1n) is 0.943. The Morgan fingerprint density at radius 2 is 0.444 bits per heavy atom. The Hall–Kier alpha value is -0.632. The van der Waals surface area contributed by atoms with Gasteiger partial charge in [0.25, 0.3) is 0 Å². The molecule has 0 spiro atoms. The molecular formula is C4H4MoO4. The molecule has 0 atom stereocenters. The van der Waals surface area contributed by atoms with E-state index in [1.54, 1.807) is 0 Å². The molecule has 0 unspecified atom stereocenters. The van der Waals surface area contributed by atoms with Crippen LogP contribution in [0, 0.1) is 0 Å². The fourth-order valence-corrected chi connectivity index (χ4v) is 0. The summed E-state index contributed by atoms with van der Waals surface area (Å²) in [6.45, 7) is 13.0. The van der Waals surface area contributed by atoms with Gasteiger partial charge in [-0.05, 0) is 0 Å². The van der Waals surface area contributed by atoms with Crippen LogP contribution >= 0.6 is 0 Å². The monoisotopic (exact) mass is 214 g/mol. The van der Waals surface area contributed by atoms with Crippen molar-refractivity contribution in [2.24, 2.45) is 0 Å². The van der Waals surface area contributed by atoms with E-state index in [9.17, 15) is 0 Å². The number of rotatable bonds is 0. The summed E-state index contributed by atoms with van der Waals surface area (Å²) in [5.74, 6) is 0. The maximum atomic E-state index is 7.75. The molecule has 0 aliphatic heterocycles. The Bertz CT molecular complexity index is 20.5. The Morgan fingerprint density at radius 1 is 0.444 bits per heavy atom. The van der Waals surface area contributed by atoms with Crippen LogP contribution in [-0.2, 0) is 40.2 Å². The molecular weight excluding hydrogens is 208 g/mol. The molecule has 0 saturated carbocycles. The van der Waals surface area contributed by atoms with Crippen LogP contribution in [0.2, 0.25) is 0 Å². The minimum atomic E-state index is 0. The molecule has 0 heterocycles. The largest absolute Gasteiger partial charge is 4.00 e. The maximum Gasteiger partial charge on any atom is 4.00 e. The smallest absolute Gasteiger partial charge is 0.545 e. The van der Waals surface area contributed by atoms with Gasteiger partial charge in [-0.1, -0.05) is 0 Å². The van der Waals surface area contributed by atoms with Gasteiger partial charge in [-0.3, -0.25) is 27.2 Å². The van der Waals surface area contributed by atoms with E-state index < -0.39 is 0 Å². The molecule has 0 saturated heterocycles. The number of hydrogen-bond donors (Lipinski definition) is 0. The van der Waals surface area contributed by atoms with Gasteiger partial charge in [0.15, 0.2) is 0 Å². The first-order valence-corrected chi connectivity index (χ1v) is 0.943. The van der Waals surface area contributed by atoms with Crippen LogP contribution in [0.3, 0.4) is 0 Å². The maximum absolute atomic E-state index is 7.75. The molecule has 0 aliphatic rings. The van der Waals surface area contributed by atoms with Gasteiger partial charge < -0.3 is 19.2 Å². The Balaban J connectivity index is -0.00000000762. The summed E-state index contributed by atoms with van der Waals surface area (Å²) < 4.78 is 0. The van der Waals surface area contributed by atoms with Crippen molar-refractivity contribution in [2.45, 2.75) is 0 Å². The van der Waals surface area contributed by atoms with Crippen molar-refractivity contribution in [1.82, 2.24) is 0 Å². The van der Waals surface area contributed by atoms with E-state index in [1.807, 2.05) is 0 Å². The van der Waals surface area contributed by atoms with Crippen LogP contribution in [0.25, 0.3) is 0 Å². The van der Waals surface area contributed by atoms with Gasteiger partial charge >= 0.3 is 21.1 Å². The second-order valence-electron chi connectivity index (χ2n) is 0. The van der Waals surface area contributed by atoms with Gasteiger partial charge in [0.2, 0.25) is 0 Å². The number of hydrogen-bond acceptors (Lipinski definition) is 4. The zero-order chi connectivity index (χ0) is 8.00. The number of carbonyl (C=O) groups excluding carboxylic acids is 4. The predicted octanol–water partition coefficient (Wildman–Crippen LogP) is -1.10. The van der Waals surface area contributed by atoms with Crippen molar-refractivity contribution in [3.05, 3.63) is 0 Å². The van der Waals surface area contributed by atoms with E-state index in [4.69, 9.17) is 19.2 Å². The molecule has 0 aromatic rings. The second kappa shape index (κ2) is 749. The molecule has 0 aromatic heterocycles. The molecule has 50 valence electrons. The van der Waals surface area contributed by atoms with Gasteiger partial charge in [-0.2, -0.15) is 0 Å². The SMILES string of the molecule is [CH-]=O.[CH-]=O.[CH-]=O.[CH-]=O.[Mo+4]. The summed E-state index contributed by atoms with van der Waals surface area (Å²) in [6, 6.07) is 0. The first-order chi connectivity index (χ1) is 4.00. The van der Waals surface area contributed by atoms with E-state index in [-0.39, 0.29) is 21.1 Å². The molecule has 4 nitrogen and oxygen atoms in total. The third kappa shape index (κ3) is 532. The summed E-state index contributed by atoms with van der Waals surface area (Å²) in [4.78, 5) is 31.0. The van der Waals surface area contributed by atoms with Crippen LogP contribution in [-0.4, -0.2) is 27.2 Å². The Labute approximate surface area is 67.9 Å². The van der Waals surface area contributed by atoms with Crippen molar-refractivity contribution in [3.63, 3.8) is 0 Å². The summed E-state index contributed by atoms with van der Waals surface area (Å²) in [6.07, 6.45) is 0. The Morgan fingerprint density at radius 3 is 0.444 bits per heavy atom. The zero-order valence-electron chi connectivity index (χ0n) is 4.35. The molecule has 9 heavy (non-hydrogen) atoms.